The zero-order valence-corrected chi connectivity index (χ0v) is 10.9. The average Bonchev–Trinajstić information content (AvgIpc) is 2.38. The Bertz CT molecular complexity index is 470. The molecule has 1 atom stereocenters. The van der Waals surface area contributed by atoms with Crippen molar-refractivity contribution in [3.8, 4) is 0 Å². The van der Waals surface area contributed by atoms with Crippen molar-refractivity contribution in [2.24, 2.45) is 0 Å². The lowest BCUT2D eigenvalue weighted by Gasteiger charge is -2.33. The van der Waals surface area contributed by atoms with Crippen molar-refractivity contribution >= 4 is 6.09 Å². The quantitative estimate of drug-likeness (QED) is 0.899. The van der Waals surface area contributed by atoms with E-state index in [9.17, 15) is 18.0 Å². The van der Waals surface area contributed by atoms with Crippen LogP contribution in [0.2, 0.25) is 0 Å². The van der Waals surface area contributed by atoms with Gasteiger partial charge in [0.15, 0.2) is 0 Å². The Balaban J connectivity index is 2.07. The van der Waals surface area contributed by atoms with Crippen LogP contribution in [0.3, 0.4) is 0 Å². The van der Waals surface area contributed by atoms with Gasteiger partial charge in [-0.05, 0) is 43.4 Å². The topological polar surface area (TPSA) is 40.5 Å². The predicted molar refractivity (Wildman–Crippen MR) is 67.5 cm³/mol. The van der Waals surface area contributed by atoms with Crippen molar-refractivity contribution < 1.29 is 23.1 Å². The number of rotatable bonds is 2. The van der Waals surface area contributed by atoms with Crippen LogP contribution in [0.4, 0.5) is 18.0 Å². The molecule has 1 amide bonds. The number of carbonyl (C=O) groups is 1. The van der Waals surface area contributed by atoms with Crippen molar-refractivity contribution in [2.45, 2.75) is 37.9 Å². The van der Waals surface area contributed by atoms with Gasteiger partial charge in [-0.1, -0.05) is 12.1 Å². The molecule has 1 aliphatic rings. The molecule has 6 heteroatoms. The zero-order chi connectivity index (χ0) is 14.8. The first kappa shape index (κ1) is 14.7. The van der Waals surface area contributed by atoms with Crippen LogP contribution < -0.4 is 0 Å². The van der Waals surface area contributed by atoms with Crippen LogP contribution in [-0.4, -0.2) is 28.7 Å². The normalized spacial score (nSPS) is 19.9. The molecule has 20 heavy (non-hydrogen) atoms. The molecular formula is C14H16F3NO2. The number of benzene rings is 1. The molecule has 0 aromatic heterocycles. The van der Waals surface area contributed by atoms with Crippen molar-refractivity contribution in [1.82, 2.24) is 4.90 Å². The molecule has 110 valence electrons. The van der Waals surface area contributed by atoms with Crippen molar-refractivity contribution in [3.63, 3.8) is 0 Å². The lowest BCUT2D eigenvalue weighted by molar-refractivity contribution is -0.137. The largest absolute Gasteiger partial charge is 0.465 e. The molecule has 1 fully saturated rings. The highest BCUT2D eigenvalue weighted by Crippen LogP contribution is 2.29. The lowest BCUT2D eigenvalue weighted by atomic mass is 9.95. The molecule has 1 aromatic carbocycles. The fourth-order valence-electron chi connectivity index (χ4n) is 2.57. The third-order valence-corrected chi connectivity index (χ3v) is 3.63. The van der Waals surface area contributed by atoms with Gasteiger partial charge in [0.2, 0.25) is 0 Å². The molecule has 1 aromatic rings. The van der Waals surface area contributed by atoms with Crippen LogP contribution in [0.25, 0.3) is 0 Å². The second-order valence-corrected chi connectivity index (χ2v) is 5.02. The summed E-state index contributed by atoms with van der Waals surface area (Å²) in [6.07, 6.45) is -2.28. The van der Waals surface area contributed by atoms with Crippen LogP contribution in [0.5, 0.6) is 0 Å². The molecule has 3 nitrogen and oxygen atoms in total. The zero-order valence-electron chi connectivity index (χ0n) is 10.9. The van der Waals surface area contributed by atoms with Gasteiger partial charge in [-0.3, -0.25) is 0 Å². The summed E-state index contributed by atoms with van der Waals surface area (Å²) in [7, 11) is 0. The van der Waals surface area contributed by atoms with Gasteiger partial charge >= 0.3 is 12.3 Å². The van der Waals surface area contributed by atoms with Gasteiger partial charge in [0.1, 0.15) is 0 Å². The number of hydrogen-bond donors (Lipinski definition) is 1. The predicted octanol–water partition coefficient (Wildman–Crippen LogP) is 3.78. The maximum absolute atomic E-state index is 12.5. The highest BCUT2D eigenvalue weighted by Gasteiger charge is 2.30. The van der Waals surface area contributed by atoms with E-state index in [0.717, 1.165) is 37.0 Å². The van der Waals surface area contributed by atoms with Gasteiger partial charge in [0.25, 0.3) is 0 Å². The van der Waals surface area contributed by atoms with Gasteiger partial charge < -0.3 is 10.0 Å². The average molecular weight is 287 g/mol. The van der Waals surface area contributed by atoms with E-state index in [1.165, 1.54) is 17.0 Å². The van der Waals surface area contributed by atoms with Crippen molar-refractivity contribution in [2.75, 3.05) is 6.54 Å². The summed E-state index contributed by atoms with van der Waals surface area (Å²) < 4.78 is 37.4. The standard InChI is InChI=1S/C14H16F3NO2/c15-14(16,17)11-6-4-10(5-7-11)9-12-3-1-2-8-18(12)13(19)20/h4-7,12H,1-3,8-9H2,(H,19,20). The molecule has 0 aliphatic carbocycles. The van der Waals surface area contributed by atoms with Gasteiger partial charge in [0.05, 0.1) is 5.56 Å². The van der Waals surface area contributed by atoms with Crippen LogP contribution in [0.15, 0.2) is 24.3 Å². The Morgan fingerprint density at radius 2 is 1.90 bits per heavy atom. The molecule has 2 rings (SSSR count). The van der Waals surface area contributed by atoms with Crippen molar-refractivity contribution in [3.05, 3.63) is 35.4 Å². The fraction of sp³-hybridized carbons (Fsp3) is 0.500. The molecule has 1 unspecified atom stereocenters. The number of carboxylic acid groups (broad SMARTS) is 1. The molecular weight excluding hydrogens is 271 g/mol. The first-order valence-electron chi connectivity index (χ1n) is 6.53. The number of alkyl halides is 3. The van der Waals surface area contributed by atoms with Crippen molar-refractivity contribution in [1.29, 1.82) is 0 Å². The van der Waals surface area contributed by atoms with E-state index in [-0.39, 0.29) is 6.04 Å². The summed E-state index contributed by atoms with van der Waals surface area (Å²) in [5, 5.41) is 9.11. The van der Waals surface area contributed by atoms with E-state index >= 15 is 0 Å². The summed E-state index contributed by atoms with van der Waals surface area (Å²) in [6, 6.07) is 4.81. The van der Waals surface area contributed by atoms with Gasteiger partial charge in [-0.2, -0.15) is 13.2 Å². The number of likely N-dealkylation sites (tertiary alicyclic amines) is 1. The molecule has 0 bridgehead atoms. The second-order valence-electron chi connectivity index (χ2n) is 5.02. The number of amides is 1. The number of nitrogens with zero attached hydrogens (tertiary/aromatic N) is 1. The summed E-state index contributed by atoms with van der Waals surface area (Å²) >= 11 is 0. The first-order chi connectivity index (χ1) is 9.38. The van der Waals surface area contributed by atoms with Crippen LogP contribution >= 0.6 is 0 Å². The van der Waals surface area contributed by atoms with E-state index in [1.807, 2.05) is 0 Å². The van der Waals surface area contributed by atoms with Gasteiger partial charge in [-0.15, -0.1) is 0 Å². The van der Waals surface area contributed by atoms with E-state index < -0.39 is 17.8 Å². The van der Waals surface area contributed by atoms with Crippen LogP contribution in [0.1, 0.15) is 30.4 Å². The maximum Gasteiger partial charge on any atom is 0.416 e. The minimum absolute atomic E-state index is 0.141. The summed E-state index contributed by atoms with van der Waals surface area (Å²) in [5.74, 6) is 0. The highest BCUT2D eigenvalue weighted by atomic mass is 19.4. The summed E-state index contributed by atoms with van der Waals surface area (Å²) in [5.41, 5.74) is 0.0520. The van der Waals surface area contributed by atoms with Gasteiger partial charge in [-0.25, -0.2) is 4.79 Å². The molecule has 0 spiro atoms. The third kappa shape index (κ3) is 3.43. The highest BCUT2D eigenvalue weighted by molar-refractivity contribution is 5.65. The molecule has 1 heterocycles. The van der Waals surface area contributed by atoms with Crippen LogP contribution in [0, 0.1) is 0 Å². The van der Waals surface area contributed by atoms with E-state index in [0.29, 0.717) is 13.0 Å². The number of halogens is 3. The minimum Gasteiger partial charge on any atom is -0.465 e. The van der Waals surface area contributed by atoms with E-state index in [4.69, 9.17) is 5.11 Å². The Morgan fingerprint density at radius 1 is 1.25 bits per heavy atom. The lowest BCUT2D eigenvalue weighted by Crippen LogP contribution is -2.44. The third-order valence-electron chi connectivity index (χ3n) is 3.63. The molecule has 1 N–H and O–H groups in total. The molecule has 1 saturated heterocycles. The molecule has 0 saturated carbocycles. The monoisotopic (exact) mass is 287 g/mol. The number of hydrogen-bond acceptors (Lipinski definition) is 1. The van der Waals surface area contributed by atoms with E-state index in [1.54, 1.807) is 0 Å². The maximum atomic E-state index is 12.5. The summed E-state index contributed by atoms with van der Waals surface area (Å²) in [6.45, 7) is 0.501. The SMILES string of the molecule is O=C(O)N1CCCCC1Cc1ccc(C(F)(F)F)cc1. The molecule has 1 aliphatic heterocycles. The Hall–Kier alpha value is -1.72. The second kappa shape index (κ2) is 5.73. The summed E-state index contributed by atoms with van der Waals surface area (Å²) in [4.78, 5) is 12.5. The van der Waals surface area contributed by atoms with Gasteiger partial charge in [0, 0.05) is 12.6 Å². The minimum atomic E-state index is -4.34. The Labute approximate surface area is 115 Å². The Morgan fingerprint density at radius 3 is 2.45 bits per heavy atom. The fourth-order valence-corrected chi connectivity index (χ4v) is 2.57. The smallest absolute Gasteiger partial charge is 0.416 e. The molecule has 0 radical (unpaired) electrons. The Kier molecular flexibility index (Phi) is 4.20. The van der Waals surface area contributed by atoms with Crippen LogP contribution in [-0.2, 0) is 12.6 Å². The number of piperidine rings is 1. The van der Waals surface area contributed by atoms with E-state index in [2.05, 4.69) is 0 Å². The first-order valence-corrected chi connectivity index (χ1v) is 6.53.